The lowest BCUT2D eigenvalue weighted by atomic mass is 10.2. The zero-order chi connectivity index (χ0) is 15.0. The number of benzene rings is 1. The molecule has 0 unspecified atom stereocenters. The van der Waals surface area contributed by atoms with Crippen molar-refractivity contribution in [1.29, 1.82) is 0 Å². The maximum Gasteiger partial charge on any atom is 0.392 e. The lowest BCUT2D eigenvalue weighted by Gasteiger charge is -2.14. The number of ether oxygens (including phenoxy) is 2. The van der Waals surface area contributed by atoms with Gasteiger partial charge in [-0.1, -0.05) is 13.0 Å². The molecule has 0 aliphatic carbocycles. The normalized spacial score (nSPS) is 11.4. The number of hydrogen-bond donors (Lipinski definition) is 1. The molecule has 0 atom stereocenters. The molecule has 0 spiro atoms. The minimum atomic E-state index is -4.21. The van der Waals surface area contributed by atoms with Crippen molar-refractivity contribution in [1.82, 2.24) is 5.32 Å². The van der Waals surface area contributed by atoms with Crippen molar-refractivity contribution >= 4 is 0 Å². The van der Waals surface area contributed by atoms with Gasteiger partial charge in [0, 0.05) is 18.2 Å². The minimum absolute atomic E-state index is 0.391. The molecule has 0 heterocycles. The molecule has 0 bridgehead atoms. The van der Waals surface area contributed by atoms with Gasteiger partial charge >= 0.3 is 6.18 Å². The van der Waals surface area contributed by atoms with Crippen molar-refractivity contribution in [3.63, 3.8) is 0 Å². The first kappa shape index (κ1) is 16.6. The topological polar surface area (TPSA) is 30.5 Å². The van der Waals surface area contributed by atoms with E-state index in [4.69, 9.17) is 9.47 Å². The molecule has 0 saturated heterocycles. The van der Waals surface area contributed by atoms with E-state index in [0.717, 1.165) is 18.5 Å². The van der Waals surface area contributed by atoms with Gasteiger partial charge in [0.2, 0.25) is 0 Å². The molecule has 0 aliphatic rings. The molecule has 0 aromatic heterocycles. The van der Waals surface area contributed by atoms with E-state index < -0.39 is 19.2 Å². The number of nitrogens with one attached hydrogen (secondary N) is 1. The van der Waals surface area contributed by atoms with Crippen molar-refractivity contribution in [2.75, 3.05) is 20.3 Å². The standard InChI is InChI=1S/C14H20F3NO2/c1-3-7-18-10-11-4-5-12(19-2)9-13(11)20-8-6-14(15,16)17/h4-5,9,18H,3,6-8,10H2,1-2H3. The van der Waals surface area contributed by atoms with Crippen LogP contribution in [-0.2, 0) is 6.54 Å². The van der Waals surface area contributed by atoms with Crippen LogP contribution in [0.1, 0.15) is 25.3 Å². The smallest absolute Gasteiger partial charge is 0.392 e. The zero-order valence-corrected chi connectivity index (χ0v) is 11.7. The molecule has 0 fully saturated rings. The number of methoxy groups -OCH3 is 1. The predicted octanol–water partition coefficient (Wildman–Crippen LogP) is 3.53. The molecule has 1 aromatic rings. The molecule has 3 nitrogen and oxygen atoms in total. The third kappa shape index (κ3) is 6.14. The average molecular weight is 291 g/mol. The summed E-state index contributed by atoms with van der Waals surface area (Å²) in [7, 11) is 1.50. The summed E-state index contributed by atoms with van der Waals surface area (Å²) in [5.41, 5.74) is 0.821. The van der Waals surface area contributed by atoms with E-state index in [1.165, 1.54) is 7.11 Å². The van der Waals surface area contributed by atoms with Crippen molar-refractivity contribution < 1.29 is 22.6 Å². The molecule has 1 N–H and O–H groups in total. The fourth-order valence-corrected chi connectivity index (χ4v) is 1.62. The highest BCUT2D eigenvalue weighted by molar-refractivity contribution is 5.40. The molecule has 0 radical (unpaired) electrons. The first-order valence-electron chi connectivity index (χ1n) is 6.53. The van der Waals surface area contributed by atoms with Crippen LogP contribution in [0, 0.1) is 0 Å². The van der Waals surface area contributed by atoms with Crippen LogP contribution in [0.4, 0.5) is 13.2 Å². The molecular weight excluding hydrogens is 271 g/mol. The van der Waals surface area contributed by atoms with Gasteiger partial charge in [0.25, 0.3) is 0 Å². The molecule has 0 amide bonds. The highest BCUT2D eigenvalue weighted by Crippen LogP contribution is 2.26. The minimum Gasteiger partial charge on any atom is -0.497 e. The van der Waals surface area contributed by atoms with E-state index >= 15 is 0 Å². The average Bonchev–Trinajstić information content (AvgIpc) is 2.39. The second-order valence-electron chi connectivity index (χ2n) is 4.36. The maximum absolute atomic E-state index is 12.1. The summed E-state index contributed by atoms with van der Waals surface area (Å²) in [5, 5.41) is 3.19. The summed E-state index contributed by atoms with van der Waals surface area (Å²) in [6.07, 6.45) is -4.19. The highest BCUT2D eigenvalue weighted by Gasteiger charge is 2.27. The van der Waals surface area contributed by atoms with E-state index in [-0.39, 0.29) is 0 Å². The van der Waals surface area contributed by atoms with Gasteiger partial charge in [-0.15, -0.1) is 0 Å². The second-order valence-corrected chi connectivity index (χ2v) is 4.36. The summed E-state index contributed by atoms with van der Waals surface area (Å²) < 4.78 is 46.7. The van der Waals surface area contributed by atoms with Crippen LogP contribution in [0.15, 0.2) is 18.2 Å². The Morgan fingerprint density at radius 1 is 1.25 bits per heavy atom. The summed E-state index contributed by atoms with van der Waals surface area (Å²) in [4.78, 5) is 0. The van der Waals surface area contributed by atoms with Crippen LogP contribution in [-0.4, -0.2) is 26.4 Å². The van der Waals surface area contributed by atoms with Crippen molar-refractivity contribution in [3.05, 3.63) is 23.8 Å². The predicted molar refractivity (Wildman–Crippen MR) is 71.2 cm³/mol. The van der Waals surface area contributed by atoms with Crippen LogP contribution in [0.5, 0.6) is 11.5 Å². The van der Waals surface area contributed by atoms with Crippen LogP contribution in [0.3, 0.4) is 0 Å². The van der Waals surface area contributed by atoms with Gasteiger partial charge < -0.3 is 14.8 Å². The summed E-state index contributed by atoms with van der Waals surface area (Å²) in [6, 6.07) is 5.17. The van der Waals surface area contributed by atoms with Crippen LogP contribution in [0.2, 0.25) is 0 Å². The van der Waals surface area contributed by atoms with Gasteiger partial charge in [-0.05, 0) is 19.0 Å². The Hall–Kier alpha value is -1.43. The zero-order valence-electron chi connectivity index (χ0n) is 11.7. The molecule has 114 valence electrons. The van der Waals surface area contributed by atoms with Gasteiger partial charge in [-0.2, -0.15) is 13.2 Å². The molecule has 0 aliphatic heterocycles. The highest BCUT2D eigenvalue weighted by atomic mass is 19.4. The van der Waals surface area contributed by atoms with E-state index in [0.29, 0.717) is 18.0 Å². The number of halogens is 3. The SMILES string of the molecule is CCCNCc1ccc(OC)cc1OCCC(F)(F)F. The number of rotatable bonds is 8. The first-order chi connectivity index (χ1) is 9.46. The summed E-state index contributed by atoms with van der Waals surface area (Å²) in [5.74, 6) is 0.989. The van der Waals surface area contributed by atoms with Gasteiger partial charge in [0.05, 0.1) is 20.1 Å². The van der Waals surface area contributed by atoms with Crippen LogP contribution >= 0.6 is 0 Å². The first-order valence-corrected chi connectivity index (χ1v) is 6.53. The number of alkyl halides is 3. The van der Waals surface area contributed by atoms with Crippen molar-refractivity contribution in [2.24, 2.45) is 0 Å². The monoisotopic (exact) mass is 291 g/mol. The Kier molecular flexibility index (Phi) is 6.64. The Morgan fingerprint density at radius 2 is 2.00 bits per heavy atom. The van der Waals surface area contributed by atoms with Crippen molar-refractivity contribution in [2.45, 2.75) is 32.5 Å². The lowest BCUT2D eigenvalue weighted by molar-refractivity contribution is -0.139. The third-order valence-electron chi connectivity index (χ3n) is 2.66. The Bertz CT molecular complexity index is 408. The number of hydrogen-bond acceptors (Lipinski definition) is 3. The molecule has 6 heteroatoms. The summed E-state index contributed by atoms with van der Waals surface area (Å²) in [6.45, 7) is 3.05. The van der Waals surface area contributed by atoms with E-state index in [9.17, 15) is 13.2 Å². The molecule has 1 aromatic carbocycles. The van der Waals surface area contributed by atoms with Gasteiger partial charge in [-0.25, -0.2) is 0 Å². The molecular formula is C14H20F3NO2. The Morgan fingerprint density at radius 3 is 2.60 bits per heavy atom. The Labute approximate surface area is 117 Å². The van der Waals surface area contributed by atoms with Gasteiger partial charge in [-0.3, -0.25) is 0 Å². The fourth-order valence-electron chi connectivity index (χ4n) is 1.62. The second kappa shape index (κ2) is 7.99. The van der Waals surface area contributed by atoms with Gasteiger partial charge in [0.1, 0.15) is 11.5 Å². The molecule has 0 saturated carbocycles. The van der Waals surface area contributed by atoms with E-state index in [1.54, 1.807) is 18.2 Å². The largest absolute Gasteiger partial charge is 0.497 e. The van der Waals surface area contributed by atoms with Crippen molar-refractivity contribution in [3.8, 4) is 11.5 Å². The Balaban J connectivity index is 2.68. The molecule has 20 heavy (non-hydrogen) atoms. The maximum atomic E-state index is 12.1. The van der Waals surface area contributed by atoms with E-state index in [2.05, 4.69) is 5.32 Å². The van der Waals surface area contributed by atoms with Crippen LogP contribution in [0.25, 0.3) is 0 Å². The third-order valence-corrected chi connectivity index (χ3v) is 2.66. The van der Waals surface area contributed by atoms with Gasteiger partial charge in [0.15, 0.2) is 0 Å². The lowest BCUT2D eigenvalue weighted by Crippen LogP contribution is -2.16. The van der Waals surface area contributed by atoms with E-state index in [1.807, 2.05) is 6.92 Å². The quantitative estimate of drug-likeness (QED) is 0.743. The summed E-state index contributed by atoms with van der Waals surface area (Å²) >= 11 is 0. The fraction of sp³-hybridized carbons (Fsp3) is 0.571. The molecule has 1 rings (SSSR count). The van der Waals surface area contributed by atoms with Crippen LogP contribution < -0.4 is 14.8 Å².